The molecule has 0 amide bonds. The Kier molecular flexibility index (Phi) is 58.5. The van der Waals surface area contributed by atoms with Crippen molar-refractivity contribution in [2.24, 2.45) is 0 Å². The van der Waals surface area contributed by atoms with Crippen LogP contribution in [0.25, 0.3) is 0 Å². The van der Waals surface area contributed by atoms with Gasteiger partial charge in [0.25, 0.3) is 6.29 Å². The number of likely N-dealkylation sites (N-methyl/N-ethyl adjacent to an activating group) is 1. The lowest BCUT2D eigenvalue weighted by molar-refractivity contribution is -0.870. The number of hydrogen-bond acceptors (Lipinski definition) is 7. The Bertz CT molecular complexity index is 1740. The summed E-state index contributed by atoms with van der Waals surface area (Å²) in [6.07, 6.45) is 84.3. The van der Waals surface area contributed by atoms with Crippen molar-refractivity contribution < 1.29 is 42.9 Å². The summed E-state index contributed by atoms with van der Waals surface area (Å²) in [5.41, 5.74) is 0. The highest BCUT2D eigenvalue weighted by Gasteiger charge is 2.25. The summed E-state index contributed by atoms with van der Waals surface area (Å²) in [4.78, 5) is 37.6. The fourth-order valence-electron chi connectivity index (χ4n) is 8.77. The van der Waals surface area contributed by atoms with Gasteiger partial charge in [0.1, 0.15) is 13.2 Å². The number of carbonyl (C=O) groups is 3. The summed E-state index contributed by atoms with van der Waals surface area (Å²) in [5, 5.41) is 9.73. The number of carboxylic acid groups (broad SMARTS) is 1. The van der Waals surface area contributed by atoms with Crippen molar-refractivity contribution in [3.05, 3.63) is 122 Å². The van der Waals surface area contributed by atoms with Crippen LogP contribution in [-0.4, -0.2) is 87.4 Å². The summed E-state index contributed by atoms with van der Waals surface area (Å²) in [6, 6.07) is 0. The third kappa shape index (κ3) is 63.1. The van der Waals surface area contributed by atoms with Crippen LogP contribution < -0.4 is 0 Å². The van der Waals surface area contributed by atoms with Crippen molar-refractivity contribution in [3.63, 3.8) is 0 Å². The monoisotopic (exact) mass is 1130 g/mol. The van der Waals surface area contributed by atoms with E-state index in [4.69, 9.17) is 18.9 Å². The maximum Gasteiger partial charge on any atom is 0.361 e. The predicted molar refractivity (Wildman–Crippen MR) is 345 cm³/mol. The second-order valence-electron chi connectivity index (χ2n) is 22.7. The third-order valence-corrected chi connectivity index (χ3v) is 13.7. The van der Waals surface area contributed by atoms with Gasteiger partial charge in [-0.3, -0.25) is 9.59 Å². The van der Waals surface area contributed by atoms with Gasteiger partial charge < -0.3 is 28.5 Å². The lowest BCUT2D eigenvalue weighted by Gasteiger charge is -2.25. The normalized spacial score (nSPS) is 13.5. The molecule has 0 aromatic carbocycles. The molecule has 9 nitrogen and oxygen atoms in total. The predicted octanol–water partition coefficient (Wildman–Crippen LogP) is 20.0. The van der Waals surface area contributed by atoms with E-state index in [1.54, 1.807) is 0 Å². The molecule has 0 fully saturated rings. The van der Waals surface area contributed by atoms with Crippen molar-refractivity contribution in [3.8, 4) is 0 Å². The van der Waals surface area contributed by atoms with Gasteiger partial charge in [0, 0.05) is 12.8 Å². The molecule has 81 heavy (non-hydrogen) atoms. The molecule has 0 heterocycles. The van der Waals surface area contributed by atoms with Crippen LogP contribution in [0.3, 0.4) is 0 Å². The molecule has 0 aromatic heterocycles. The van der Waals surface area contributed by atoms with E-state index < -0.39 is 24.3 Å². The number of unbranched alkanes of at least 4 members (excludes halogenated alkanes) is 24. The van der Waals surface area contributed by atoms with E-state index in [-0.39, 0.29) is 32.2 Å². The Labute approximate surface area is 497 Å². The summed E-state index contributed by atoms with van der Waals surface area (Å²) < 4.78 is 22.9. The highest BCUT2D eigenvalue weighted by molar-refractivity contribution is 5.71. The van der Waals surface area contributed by atoms with Gasteiger partial charge in [-0.15, -0.1) is 0 Å². The van der Waals surface area contributed by atoms with Crippen LogP contribution in [-0.2, 0) is 33.3 Å². The summed E-state index contributed by atoms with van der Waals surface area (Å²) in [7, 11) is 5.97. The van der Waals surface area contributed by atoms with E-state index in [0.29, 0.717) is 23.9 Å². The minimum atomic E-state index is -1.52. The number of rotatable bonds is 59. The number of carboxylic acids is 1. The van der Waals surface area contributed by atoms with Crippen molar-refractivity contribution in [2.75, 3.05) is 47.5 Å². The van der Waals surface area contributed by atoms with E-state index in [2.05, 4.69) is 135 Å². The Morgan fingerprint density at radius 1 is 0.370 bits per heavy atom. The molecule has 0 aliphatic rings. The molecule has 2 unspecified atom stereocenters. The molecule has 2 atom stereocenters. The largest absolute Gasteiger partial charge is 0.477 e. The van der Waals surface area contributed by atoms with Crippen molar-refractivity contribution >= 4 is 17.9 Å². The third-order valence-electron chi connectivity index (χ3n) is 13.7. The van der Waals surface area contributed by atoms with Crippen molar-refractivity contribution in [2.45, 2.75) is 270 Å². The zero-order valence-corrected chi connectivity index (χ0v) is 52.7. The van der Waals surface area contributed by atoms with E-state index in [1.807, 2.05) is 21.1 Å². The van der Waals surface area contributed by atoms with E-state index in [1.165, 1.54) is 116 Å². The first kappa shape index (κ1) is 76.7. The summed E-state index contributed by atoms with van der Waals surface area (Å²) in [5.74, 6) is -2.01. The molecule has 0 radical (unpaired) electrons. The molecule has 0 aliphatic heterocycles. The molecule has 0 aromatic rings. The van der Waals surface area contributed by atoms with Crippen LogP contribution in [0.4, 0.5) is 0 Å². The topological polar surface area (TPSA) is 108 Å². The van der Waals surface area contributed by atoms with Crippen LogP contribution in [0, 0.1) is 0 Å². The zero-order valence-electron chi connectivity index (χ0n) is 52.7. The van der Waals surface area contributed by atoms with Gasteiger partial charge >= 0.3 is 17.9 Å². The molecule has 0 saturated heterocycles. The van der Waals surface area contributed by atoms with Crippen LogP contribution in [0.5, 0.6) is 0 Å². The molecule has 462 valence electrons. The maximum absolute atomic E-state index is 12.9. The molecule has 1 N–H and O–H groups in total. The number of carbonyl (C=O) groups excluding carboxylic acids is 2. The number of quaternary nitrogens is 1. The molecule has 9 heteroatoms. The number of allylic oxidation sites excluding steroid dienone is 20. The highest BCUT2D eigenvalue weighted by atomic mass is 16.7. The first-order valence-electron chi connectivity index (χ1n) is 32.7. The quantitative estimate of drug-likeness (QED) is 0.0211. The Morgan fingerprint density at radius 3 is 0.988 bits per heavy atom. The van der Waals surface area contributed by atoms with Crippen molar-refractivity contribution in [1.82, 2.24) is 0 Å². The molecule has 0 aliphatic carbocycles. The first-order valence-corrected chi connectivity index (χ1v) is 32.7. The fourth-order valence-corrected chi connectivity index (χ4v) is 8.77. The second-order valence-corrected chi connectivity index (χ2v) is 22.7. The lowest BCUT2D eigenvalue weighted by Crippen LogP contribution is -2.40. The van der Waals surface area contributed by atoms with Gasteiger partial charge in [0.05, 0.1) is 34.4 Å². The van der Waals surface area contributed by atoms with E-state index in [0.717, 1.165) is 109 Å². The Balaban J connectivity index is 4.17. The van der Waals surface area contributed by atoms with Crippen LogP contribution in [0.2, 0.25) is 0 Å². The summed E-state index contributed by atoms with van der Waals surface area (Å²) in [6.45, 7) is 4.65. The molecular formula is C72H122NO8+. The van der Waals surface area contributed by atoms with E-state index >= 15 is 0 Å². The standard InChI is InChI=1S/C72H121NO8/c1-6-8-10-12-14-16-18-20-22-24-26-28-30-31-32-33-34-35-36-37-38-39-41-43-45-47-49-51-53-55-57-59-61-63-70(75)81-68(67-80-72(71(76)77)78-65-64-73(3,4)5)66-79-69(74)62-60-58-56-54-52-50-48-46-44-42-40-29-27-25-23-21-19-17-15-13-11-9-7-2/h8-11,14-17,20-23,26-29,31-32,34-35,68,72H,6-7,12-13,18-19,24-25,30,33,36-67H2,1-5H3/p+1/b10-8-,11-9-,16-14-,17-15-,22-20-,23-21-,28-26-,29-27-,32-31-,35-34-. The molecular weight excluding hydrogens is 1010 g/mol. The molecule has 0 bridgehead atoms. The van der Waals surface area contributed by atoms with Crippen molar-refractivity contribution in [1.29, 1.82) is 0 Å². The number of esters is 2. The number of ether oxygens (including phenoxy) is 4. The van der Waals surface area contributed by atoms with E-state index in [9.17, 15) is 19.5 Å². The average Bonchev–Trinajstić information content (AvgIpc) is 3.44. The maximum atomic E-state index is 12.9. The molecule has 0 saturated carbocycles. The second kappa shape index (κ2) is 61.8. The van der Waals surface area contributed by atoms with Crippen LogP contribution in [0.15, 0.2) is 122 Å². The first-order chi connectivity index (χ1) is 39.6. The van der Waals surface area contributed by atoms with Gasteiger partial charge in [-0.25, -0.2) is 4.79 Å². The Hall–Kier alpha value is -4.31. The minimum Gasteiger partial charge on any atom is -0.477 e. The van der Waals surface area contributed by atoms with Crippen LogP contribution in [0.1, 0.15) is 258 Å². The smallest absolute Gasteiger partial charge is 0.361 e. The number of hydrogen-bond donors (Lipinski definition) is 1. The van der Waals surface area contributed by atoms with Gasteiger partial charge in [0.15, 0.2) is 6.10 Å². The minimum absolute atomic E-state index is 0.182. The Morgan fingerprint density at radius 2 is 0.667 bits per heavy atom. The zero-order chi connectivity index (χ0) is 59.1. The number of aliphatic carboxylic acids is 1. The van der Waals surface area contributed by atoms with Gasteiger partial charge in [-0.2, -0.15) is 0 Å². The number of nitrogens with zero attached hydrogens (tertiary/aromatic N) is 1. The summed E-state index contributed by atoms with van der Waals surface area (Å²) >= 11 is 0. The van der Waals surface area contributed by atoms with Crippen LogP contribution >= 0.6 is 0 Å². The highest BCUT2D eigenvalue weighted by Crippen LogP contribution is 2.16. The van der Waals surface area contributed by atoms with Gasteiger partial charge in [-0.1, -0.05) is 264 Å². The van der Waals surface area contributed by atoms with Gasteiger partial charge in [0.2, 0.25) is 0 Å². The average molecular weight is 1130 g/mol. The lowest BCUT2D eigenvalue weighted by atomic mass is 10.0. The SMILES string of the molecule is CC/C=C\C/C=C\C/C=C\C/C=C\C/C=C\C/C=C\CCCCCCCCCCCCCCCCC(=O)OC(COC(=O)CCCCCCCCCCCC/C=C\C/C=C\C/C=C\C/C=C\CC)COC(OCC[N+](C)(C)C)C(=O)O. The molecule has 0 spiro atoms. The molecule has 0 rings (SSSR count). The fraction of sp³-hybridized carbons (Fsp3) is 0.681. The van der Waals surface area contributed by atoms with Gasteiger partial charge in [-0.05, 0) is 103 Å².